The van der Waals surface area contributed by atoms with E-state index in [0.717, 1.165) is 36.5 Å². The fourth-order valence-corrected chi connectivity index (χ4v) is 2.55. The summed E-state index contributed by atoms with van der Waals surface area (Å²) in [4.78, 5) is 19.3. The normalized spacial score (nSPS) is 18.4. The van der Waals surface area contributed by atoms with E-state index in [1.807, 2.05) is 11.8 Å². The van der Waals surface area contributed by atoms with Crippen molar-refractivity contribution in [2.75, 3.05) is 18.6 Å². The highest BCUT2D eigenvalue weighted by atomic mass is 32.2. The molecule has 1 aromatic rings. The number of unbranched alkanes of at least 4 members (excludes halogenated alkanes) is 1. The summed E-state index contributed by atoms with van der Waals surface area (Å²) in [6.45, 7) is 1.46. The highest BCUT2D eigenvalue weighted by Gasteiger charge is 2.25. The van der Waals surface area contributed by atoms with Crippen molar-refractivity contribution in [3.05, 3.63) is 17.7 Å². The number of thioether (sulfide) groups is 1. The van der Waals surface area contributed by atoms with Gasteiger partial charge in [0.15, 0.2) is 0 Å². The Kier molecular flexibility index (Phi) is 5.07. The first-order valence-corrected chi connectivity index (χ1v) is 7.72. The minimum Gasteiger partial charge on any atom is -0.355 e. The molecule has 0 saturated heterocycles. The van der Waals surface area contributed by atoms with Crippen LogP contribution >= 0.6 is 11.8 Å². The number of nitrogens with zero attached hydrogens (tertiary/aromatic N) is 1. The summed E-state index contributed by atoms with van der Waals surface area (Å²) in [6.07, 6.45) is 6.67. The van der Waals surface area contributed by atoms with Crippen LogP contribution in [0.1, 0.15) is 24.2 Å². The molecule has 2 heterocycles. The van der Waals surface area contributed by atoms with Crippen LogP contribution in [-0.2, 0) is 17.8 Å². The van der Waals surface area contributed by atoms with Gasteiger partial charge in [0.05, 0.1) is 23.8 Å². The quantitative estimate of drug-likeness (QED) is 0.664. The molecule has 2 rings (SSSR count). The number of carbonyl (C=O) groups is 1. The Bertz CT molecular complexity index is 393. The van der Waals surface area contributed by atoms with Gasteiger partial charge in [-0.3, -0.25) is 10.1 Å². The second-order valence-corrected chi connectivity index (χ2v) is 5.44. The van der Waals surface area contributed by atoms with Crippen LogP contribution in [0, 0.1) is 0 Å². The predicted octanol–water partition coefficient (Wildman–Crippen LogP) is 0.683. The SMILES string of the molecule is CSCCCCNC(=O)C1Cc2nc[nH]c2CN1. The second kappa shape index (κ2) is 6.80. The average molecular weight is 268 g/mol. The number of nitrogens with one attached hydrogen (secondary N) is 3. The zero-order valence-electron chi connectivity index (χ0n) is 10.7. The Morgan fingerprint density at radius 2 is 2.50 bits per heavy atom. The van der Waals surface area contributed by atoms with Crippen molar-refractivity contribution < 1.29 is 4.79 Å². The Morgan fingerprint density at radius 1 is 1.61 bits per heavy atom. The largest absolute Gasteiger partial charge is 0.355 e. The Morgan fingerprint density at radius 3 is 3.33 bits per heavy atom. The van der Waals surface area contributed by atoms with E-state index in [-0.39, 0.29) is 11.9 Å². The smallest absolute Gasteiger partial charge is 0.237 e. The molecule has 1 amide bonds. The third-order valence-corrected chi connectivity index (χ3v) is 3.82. The first-order valence-electron chi connectivity index (χ1n) is 6.32. The monoisotopic (exact) mass is 268 g/mol. The van der Waals surface area contributed by atoms with E-state index >= 15 is 0 Å². The topological polar surface area (TPSA) is 69.8 Å². The van der Waals surface area contributed by atoms with Crippen molar-refractivity contribution in [3.63, 3.8) is 0 Å². The van der Waals surface area contributed by atoms with Gasteiger partial charge in [-0.25, -0.2) is 4.98 Å². The Hall–Kier alpha value is -1.01. The van der Waals surface area contributed by atoms with Crippen LogP contribution in [0.4, 0.5) is 0 Å². The number of imidazole rings is 1. The van der Waals surface area contributed by atoms with Crippen LogP contribution in [0.2, 0.25) is 0 Å². The molecule has 6 heteroatoms. The van der Waals surface area contributed by atoms with Crippen LogP contribution in [0.15, 0.2) is 6.33 Å². The molecule has 5 nitrogen and oxygen atoms in total. The molecule has 0 saturated carbocycles. The van der Waals surface area contributed by atoms with Gasteiger partial charge in [0.1, 0.15) is 0 Å². The van der Waals surface area contributed by atoms with Gasteiger partial charge in [-0.2, -0.15) is 11.8 Å². The standard InChI is InChI=1S/C12H20N4OS/c1-18-5-3-2-4-13-12(17)10-6-9-11(7-14-10)16-8-15-9/h8,10,14H,2-7H2,1H3,(H,13,17)(H,15,16). The summed E-state index contributed by atoms with van der Waals surface area (Å²) in [7, 11) is 0. The minimum absolute atomic E-state index is 0.0906. The predicted molar refractivity (Wildman–Crippen MR) is 73.5 cm³/mol. The maximum Gasteiger partial charge on any atom is 0.237 e. The molecule has 1 atom stereocenters. The molecule has 18 heavy (non-hydrogen) atoms. The van der Waals surface area contributed by atoms with E-state index in [2.05, 4.69) is 26.9 Å². The molecule has 100 valence electrons. The van der Waals surface area contributed by atoms with Crippen molar-refractivity contribution in [1.82, 2.24) is 20.6 Å². The molecule has 1 aliphatic rings. The van der Waals surface area contributed by atoms with Gasteiger partial charge in [0.25, 0.3) is 0 Å². The summed E-state index contributed by atoms with van der Waals surface area (Å²) < 4.78 is 0. The molecule has 1 unspecified atom stereocenters. The van der Waals surface area contributed by atoms with E-state index in [1.54, 1.807) is 6.33 Å². The number of aromatic nitrogens is 2. The molecule has 0 aromatic carbocycles. The van der Waals surface area contributed by atoms with Crippen molar-refractivity contribution in [2.45, 2.75) is 31.8 Å². The number of amides is 1. The van der Waals surface area contributed by atoms with Crippen LogP contribution in [0.3, 0.4) is 0 Å². The number of hydrogen-bond donors (Lipinski definition) is 3. The van der Waals surface area contributed by atoms with E-state index in [9.17, 15) is 4.79 Å². The van der Waals surface area contributed by atoms with Crippen molar-refractivity contribution in [3.8, 4) is 0 Å². The molecule has 0 fully saturated rings. The lowest BCUT2D eigenvalue weighted by Gasteiger charge is -2.22. The first kappa shape index (κ1) is 13.4. The van der Waals surface area contributed by atoms with E-state index < -0.39 is 0 Å². The second-order valence-electron chi connectivity index (χ2n) is 4.46. The number of H-pyrrole nitrogens is 1. The Balaban J connectivity index is 1.71. The average Bonchev–Trinajstić information content (AvgIpc) is 2.85. The molecule has 0 radical (unpaired) electrons. The summed E-state index contributed by atoms with van der Waals surface area (Å²) in [6, 6.07) is -0.138. The molecular weight excluding hydrogens is 248 g/mol. The molecule has 1 aromatic heterocycles. The number of rotatable bonds is 6. The third kappa shape index (κ3) is 3.49. The molecule has 3 N–H and O–H groups in total. The van der Waals surface area contributed by atoms with E-state index in [1.165, 1.54) is 0 Å². The summed E-state index contributed by atoms with van der Waals surface area (Å²) >= 11 is 1.85. The molecule has 0 aliphatic carbocycles. The zero-order valence-corrected chi connectivity index (χ0v) is 11.5. The van der Waals surface area contributed by atoms with Crippen LogP contribution in [0.5, 0.6) is 0 Å². The molecule has 0 spiro atoms. The van der Waals surface area contributed by atoms with Gasteiger partial charge in [-0.05, 0) is 24.9 Å². The van der Waals surface area contributed by atoms with Crippen molar-refractivity contribution in [2.24, 2.45) is 0 Å². The van der Waals surface area contributed by atoms with Crippen molar-refractivity contribution in [1.29, 1.82) is 0 Å². The van der Waals surface area contributed by atoms with E-state index in [0.29, 0.717) is 13.0 Å². The molecule has 0 bridgehead atoms. The number of carbonyl (C=O) groups excluding carboxylic acids is 1. The van der Waals surface area contributed by atoms with Crippen molar-refractivity contribution >= 4 is 17.7 Å². The highest BCUT2D eigenvalue weighted by molar-refractivity contribution is 7.98. The maximum atomic E-state index is 11.9. The lowest BCUT2D eigenvalue weighted by atomic mass is 10.0. The van der Waals surface area contributed by atoms with Gasteiger partial charge in [-0.1, -0.05) is 0 Å². The number of aromatic amines is 1. The maximum absolute atomic E-state index is 11.9. The zero-order chi connectivity index (χ0) is 12.8. The van der Waals surface area contributed by atoms with Gasteiger partial charge >= 0.3 is 0 Å². The van der Waals surface area contributed by atoms with Gasteiger partial charge in [0.2, 0.25) is 5.91 Å². The fraction of sp³-hybridized carbons (Fsp3) is 0.667. The summed E-state index contributed by atoms with van der Waals surface area (Å²) in [5.41, 5.74) is 2.11. The molecule has 1 aliphatic heterocycles. The fourth-order valence-electron chi connectivity index (χ4n) is 2.06. The van der Waals surface area contributed by atoms with Crippen LogP contribution in [0.25, 0.3) is 0 Å². The lowest BCUT2D eigenvalue weighted by Crippen LogP contribution is -2.47. The van der Waals surface area contributed by atoms with Gasteiger partial charge in [0, 0.05) is 19.5 Å². The lowest BCUT2D eigenvalue weighted by molar-refractivity contribution is -0.123. The molecular formula is C12H20N4OS. The van der Waals surface area contributed by atoms with Crippen LogP contribution < -0.4 is 10.6 Å². The van der Waals surface area contributed by atoms with E-state index in [4.69, 9.17) is 0 Å². The number of hydrogen-bond acceptors (Lipinski definition) is 4. The third-order valence-electron chi connectivity index (χ3n) is 3.12. The Labute approximate surface area is 112 Å². The number of fused-ring (bicyclic) bond motifs is 1. The van der Waals surface area contributed by atoms with Crippen LogP contribution in [-0.4, -0.2) is 40.5 Å². The summed E-state index contributed by atoms with van der Waals surface area (Å²) in [5.74, 6) is 1.25. The summed E-state index contributed by atoms with van der Waals surface area (Å²) in [5, 5.41) is 6.21. The first-order chi connectivity index (χ1) is 8.81. The minimum atomic E-state index is -0.138. The van der Waals surface area contributed by atoms with Gasteiger partial charge < -0.3 is 10.3 Å². The highest BCUT2D eigenvalue weighted by Crippen LogP contribution is 2.12. The van der Waals surface area contributed by atoms with Gasteiger partial charge in [-0.15, -0.1) is 0 Å².